The number of hydrogen-bond donors (Lipinski definition) is 2. The topological polar surface area (TPSA) is 40.7 Å². The van der Waals surface area contributed by atoms with Crippen molar-refractivity contribution in [2.45, 2.75) is 13.8 Å². The van der Waals surface area contributed by atoms with Gasteiger partial charge in [-0.1, -0.05) is 13.8 Å². The SMILES string of the molecule is CC(C)CNc1cc(-c2ccc(F)cc2F)[nH]n1. The van der Waals surface area contributed by atoms with E-state index in [1.807, 2.05) is 0 Å². The molecule has 2 rings (SSSR count). The van der Waals surface area contributed by atoms with Gasteiger partial charge in [0, 0.05) is 24.2 Å². The van der Waals surface area contributed by atoms with Crippen molar-refractivity contribution >= 4 is 5.82 Å². The van der Waals surface area contributed by atoms with Crippen LogP contribution >= 0.6 is 0 Å². The van der Waals surface area contributed by atoms with Gasteiger partial charge >= 0.3 is 0 Å². The smallest absolute Gasteiger partial charge is 0.148 e. The molecule has 0 amide bonds. The number of aromatic nitrogens is 2. The van der Waals surface area contributed by atoms with Gasteiger partial charge in [-0.3, -0.25) is 5.10 Å². The van der Waals surface area contributed by atoms with Gasteiger partial charge < -0.3 is 5.32 Å². The van der Waals surface area contributed by atoms with Crippen LogP contribution in [0.4, 0.5) is 14.6 Å². The molecule has 0 aliphatic heterocycles. The lowest BCUT2D eigenvalue weighted by Crippen LogP contribution is -2.07. The highest BCUT2D eigenvalue weighted by Gasteiger charge is 2.09. The summed E-state index contributed by atoms with van der Waals surface area (Å²) in [5.41, 5.74) is 0.834. The van der Waals surface area contributed by atoms with E-state index in [9.17, 15) is 8.78 Å². The molecule has 18 heavy (non-hydrogen) atoms. The molecule has 0 fully saturated rings. The van der Waals surface area contributed by atoms with Crippen molar-refractivity contribution in [2.75, 3.05) is 11.9 Å². The third kappa shape index (κ3) is 2.85. The van der Waals surface area contributed by atoms with Crippen LogP contribution in [0.2, 0.25) is 0 Å². The number of nitrogens with zero attached hydrogens (tertiary/aromatic N) is 1. The third-order valence-electron chi connectivity index (χ3n) is 2.49. The van der Waals surface area contributed by atoms with E-state index in [0.717, 1.165) is 12.6 Å². The Bertz CT molecular complexity index is 535. The van der Waals surface area contributed by atoms with Gasteiger partial charge in [-0.05, 0) is 18.1 Å². The Morgan fingerprint density at radius 2 is 2.06 bits per heavy atom. The molecule has 1 aromatic carbocycles. The number of nitrogens with one attached hydrogen (secondary N) is 2. The fourth-order valence-electron chi connectivity index (χ4n) is 1.57. The zero-order valence-electron chi connectivity index (χ0n) is 10.3. The standard InChI is InChI=1S/C13H15F2N3/c1-8(2)7-16-13-6-12(17-18-13)10-4-3-9(14)5-11(10)15/h3-6,8H,7H2,1-2H3,(H2,16,17,18). The molecule has 0 unspecified atom stereocenters. The Morgan fingerprint density at radius 1 is 1.28 bits per heavy atom. The van der Waals surface area contributed by atoms with Gasteiger partial charge in [0.25, 0.3) is 0 Å². The first-order valence-electron chi connectivity index (χ1n) is 5.81. The predicted octanol–water partition coefficient (Wildman–Crippen LogP) is 3.42. The van der Waals surface area contributed by atoms with Gasteiger partial charge in [-0.25, -0.2) is 8.78 Å². The van der Waals surface area contributed by atoms with Crippen molar-refractivity contribution in [1.82, 2.24) is 10.2 Å². The van der Waals surface area contributed by atoms with E-state index in [-0.39, 0.29) is 0 Å². The second kappa shape index (κ2) is 5.16. The predicted molar refractivity (Wildman–Crippen MR) is 67.3 cm³/mol. The van der Waals surface area contributed by atoms with Crippen molar-refractivity contribution in [1.29, 1.82) is 0 Å². The molecular formula is C13H15F2N3. The number of aromatic amines is 1. The van der Waals surface area contributed by atoms with Gasteiger partial charge in [-0.2, -0.15) is 5.10 Å². The quantitative estimate of drug-likeness (QED) is 0.874. The largest absolute Gasteiger partial charge is 0.368 e. The van der Waals surface area contributed by atoms with Crippen LogP contribution in [0.5, 0.6) is 0 Å². The molecule has 0 aliphatic rings. The molecule has 1 aromatic heterocycles. The van der Waals surface area contributed by atoms with Crippen LogP contribution in [0.15, 0.2) is 24.3 Å². The normalized spacial score (nSPS) is 10.9. The average Bonchev–Trinajstić information content (AvgIpc) is 2.75. The summed E-state index contributed by atoms with van der Waals surface area (Å²) in [6, 6.07) is 5.18. The van der Waals surface area contributed by atoms with Crippen LogP contribution in [-0.2, 0) is 0 Å². The van der Waals surface area contributed by atoms with Crippen molar-refractivity contribution < 1.29 is 8.78 Å². The van der Waals surface area contributed by atoms with E-state index in [1.54, 1.807) is 6.07 Å². The first-order chi connectivity index (χ1) is 8.56. The summed E-state index contributed by atoms with van der Waals surface area (Å²) in [6.07, 6.45) is 0. The van der Waals surface area contributed by atoms with E-state index in [2.05, 4.69) is 29.4 Å². The Kier molecular flexibility index (Phi) is 3.60. The van der Waals surface area contributed by atoms with Crippen LogP contribution in [0.3, 0.4) is 0 Å². The van der Waals surface area contributed by atoms with E-state index in [0.29, 0.717) is 23.0 Å². The monoisotopic (exact) mass is 251 g/mol. The lowest BCUT2D eigenvalue weighted by atomic mass is 10.1. The first-order valence-corrected chi connectivity index (χ1v) is 5.81. The number of anilines is 1. The summed E-state index contributed by atoms with van der Waals surface area (Å²) in [5.74, 6) is -0.0434. The van der Waals surface area contributed by atoms with Crippen LogP contribution in [-0.4, -0.2) is 16.7 Å². The number of hydrogen-bond acceptors (Lipinski definition) is 2. The summed E-state index contributed by atoms with van der Waals surface area (Å²) < 4.78 is 26.4. The van der Waals surface area contributed by atoms with E-state index in [1.165, 1.54) is 12.1 Å². The summed E-state index contributed by atoms with van der Waals surface area (Å²) in [7, 11) is 0. The molecule has 96 valence electrons. The molecule has 2 N–H and O–H groups in total. The minimum Gasteiger partial charge on any atom is -0.368 e. The van der Waals surface area contributed by atoms with Gasteiger partial charge in [-0.15, -0.1) is 0 Å². The van der Waals surface area contributed by atoms with Crippen molar-refractivity contribution in [3.8, 4) is 11.3 Å². The van der Waals surface area contributed by atoms with Crippen LogP contribution in [0.25, 0.3) is 11.3 Å². The molecule has 0 spiro atoms. The fourth-order valence-corrected chi connectivity index (χ4v) is 1.57. The fraction of sp³-hybridized carbons (Fsp3) is 0.308. The highest BCUT2D eigenvalue weighted by molar-refractivity contribution is 5.63. The van der Waals surface area contributed by atoms with Crippen LogP contribution < -0.4 is 5.32 Å². The number of rotatable bonds is 4. The minimum absolute atomic E-state index is 0.307. The van der Waals surface area contributed by atoms with Crippen LogP contribution in [0, 0.1) is 17.6 Å². The highest BCUT2D eigenvalue weighted by Crippen LogP contribution is 2.23. The molecule has 1 heterocycles. The van der Waals surface area contributed by atoms with Crippen molar-refractivity contribution in [3.63, 3.8) is 0 Å². The van der Waals surface area contributed by atoms with Crippen molar-refractivity contribution in [3.05, 3.63) is 35.9 Å². The maximum atomic E-state index is 13.6. The summed E-state index contributed by atoms with van der Waals surface area (Å²) in [4.78, 5) is 0. The number of H-pyrrole nitrogens is 1. The lowest BCUT2D eigenvalue weighted by Gasteiger charge is -2.04. The first kappa shape index (κ1) is 12.5. The Hall–Kier alpha value is -1.91. The van der Waals surface area contributed by atoms with Gasteiger partial charge in [0.15, 0.2) is 0 Å². The van der Waals surface area contributed by atoms with E-state index < -0.39 is 11.6 Å². The third-order valence-corrected chi connectivity index (χ3v) is 2.49. The second-order valence-corrected chi connectivity index (χ2v) is 4.57. The number of halogens is 2. The highest BCUT2D eigenvalue weighted by atomic mass is 19.1. The molecule has 0 aliphatic carbocycles. The molecule has 0 atom stereocenters. The molecule has 0 saturated heterocycles. The minimum atomic E-state index is -0.603. The van der Waals surface area contributed by atoms with E-state index >= 15 is 0 Å². The summed E-state index contributed by atoms with van der Waals surface area (Å²) >= 11 is 0. The van der Waals surface area contributed by atoms with Gasteiger partial charge in [0.05, 0.1) is 5.69 Å². The second-order valence-electron chi connectivity index (χ2n) is 4.57. The van der Waals surface area contributed by atoms with Gasteiger partial charge in [0.1, 0.15) is 17.5 Å². The summed E-state index contributed by atoms with van der Waals surface area (Å²) in [6.45, 7) is 4.95. The number of benzene rings is 1. The Morgan fingerprint density at radius 3 is 2.72 bits per heavy atom. The average molecular weight is 251 g/mol. The Balaban J connectivity index is 2.18. The molecular weight excluding hydrogens is 236 g/mol. The summed E-state index contributed by atoms with van der Waals surface area (Å²) in [5, 5.41) is 9.89. The van der Waals surface area contributed by atoms with Crippen LogP contribution in [0.1, 0.15) is 13.8 Å². The Labute approximate surface area is 104 Å². The zero-order chi connectivity index (χ0) is 13.1. The zero-order valence-corrected chi connectivity index (χ0v) is 10.3. The molecule has 0 radical (unpaired) electrons. The maximum Gasteiger partial charge on any atom is 0.148 e. The maximum absolute atomic E-state index is 13.6. The molecule has 0 saturated carbocycles. The van der Waals surface area contributed by atoms with Gasteiger partial charge in [0.2, 0.25) is 0 Å². The molecule has 3 nitrogen and oxygen atoms in total. The molecule has 2 aromatic rings. The van der Waals surface area contributed by atoms with Crippen molar-refractivity contribution in [2.24, 2.45) is 5.92 Å². The molecule has 0 bridgehead atoms. The molecule has 5 heteroatoms. The van der Waals surface area contributed by atoms with E-state index in [4.69, 9.17) is 0 Å². The lowest BCUT2D eigenvalue weighted by molar-refractivity contribution is 0.585.